The van der Waals surface area contributed by atoms with E-state index >= 15 is 0 Å². The van der Waals surface area contributed by atoms with E-state index in [0.29, 0.717) is 42.8 Å². The molecule has 0 aliphatic heterocycles. The smallest absolute Gasteiger partial charge is 0.315 e. The average molecular weight is 407 g/mol. The van der Waals surface area contributed by atoms with Crippen molar-refractivity contribution in [3.8, 4) is 17.2 Å². The summed E-state index contributed by atoms with van der Waals surface area (Å²) in [5, 5.41) is 5.99. The number of hydrogen-bond acceptors (Lipinski definition) is 4. The van der Waals surface area contributed by atoms with Crippen LogP contribution in [0, 0.1) is 13.8 Å². The molecule has 28 heavy (non-hydrogen) atoms. The lowest BCUT2D eigenvalue weighted by atomic mass is 10.1. The maximum absolute atomic E-state index is 12.0. The molecule has 0 atom stereocenters. The van der Waals surface area contributed by atoms with Gasteiger partial charge in [-0.2, -0.15) is 0 Å². The second-order valence-corrected chi connectivity index (χ2v) is 6.73. The number of halogens is 1. The van der Waals surface area contributed by atoms with Crippen LogP contribution in [0.3, 0.4) is 0 Å². The van der Waals surface area contributed by atoms with Gasteiger partial charge in [-0.3, -0.25) is 0 Å². The van der Waals surface area contributed by atoms with E-state index in [1.165, 1.54) is 0 Å². The van der Waals surface area contributed by atoms with Crippen molar-refractivity contribution >= 4 is 17.6 Å². The molecule has 2 amide bonds. The first kappa shape index (κ1) is 21.7. The number of aryl methyl sites for hydroxylation is 2. The summed E-state index contributed by atoms with van der Waals surface area (Å²) in [7, 11) is 1.55. The van der Waals surface area contributed by atoms with Crippen LogP contribution in [-0.4, -0.2) is 32.9 Å². The van der Waals surface area contributed by atoms with Crippen LogP contribution in [0.4, 0.5) is 4.79 Å². The molecule has 2 aromatic carbocycles. The summed E-state index contributed by atoms with van der Waals surface area (Å²) in [6.07, 6.45) is 0. The number of rotatable bonds is 9. The molecule has 0 unspecified atom stereocenters. The zero-order valence-corrected chi connectivity index (χ0v) is 17.5. The second kappa shape index (κ2) is 10.7. The first-order valence-corrected chi connectivity index (χ1v) is 9.52. The summed E-state index contributed by atoms with van der Waals surface area (Å²) in [6.45, 7) is 7.50. The predicted molar refractivity (Wildman–Crippen MR) is 111 cm³/mol. The lowest BCUT2D eigenvalue weighted by Crippen LogP contribution is -2.37. The molecule has 2 N–H and O–H groups in total. The van der Waals surface area contributed by atoms with Crippen LogP contribution in [0.1, 0.15) is 23.6 Å². The van der Waals surface area contributed by atoms with E-state index in [9.17, 15) is 4.79 Å². The molecule has 0 saturated carbocycles. The van der Waals surface area contributed by atoms with Gasteiger partial charge in [0.25, 0.3) is 0 Å². The maximum Gasteiger partial charge on any atom is 0.315 e. The van der Waals surface area contributed by atoms with Crippen LogP contribution in [0.25, 0.3) is 0 Å². The van der Waals surface area contributed by atoms with E-state index in [-0.39, 0.29) is 6.03 Å². The zero-order chi connectivity index (χ0) is 20.5. The number of carbonyl (C=O) groups excluding carboxylic acids is 1. The highest BCUT2D eigenvalue weighted by atomic mass is 35.5. The first-order valence-electron chi connectivity index (χ1n) is 9.15. The third-order valence-electron chi connectivity index (χ3n) is 3.88. The van der Waals surface area contributed by atoms with Crippen LogP contribution >= 0.6 is 11.6 Å². The number of amides is 2. The van der Waals surface area contributed by atoms with E-state index < -0.39 is 0 Å². The fourth-order valence-electron chi connectivity index (χ4n) is 2.75. The van der Waals surface area contributed by atoms with Gasteiger partial charge in [-0.15, -0.1) is 0 Å². The van der Waals surface area contributed by atoms with Crippen LogP contribution in [0.15, 0.2) is 30.3 Å². The van der Waals surface area contributed by atoms with Crippen molar-refractivity contribution in [3.05, 3.63) is 52.0 Å². The van der Waals surface area contributed by atoms with Crippen LogP contribution in [0.2, 0.25) is 5.02 Å². The van der Waals surface area contributed by atoms with Crippen molar-refractivity contribution in [3.63, 3.8) is 0 Å². The van der Waals surface area contributed by atoms with E-state index in [1.807, 2.05) is 32.9 Å². The van der Waals surface area contributed by atoms with Crippen molar-refractivity contribution in [2.45, 2.75) is 27.3 Å². The Morgan fingerprint density at radius 1 is 1.04 bits per heavy atom. The maximum atomic E-state index is 12.0. The average Bonchev–Trinajstić information content (AvgIpc) is 2.64. The van der Waals surface area contributed by atoms with Gasteiger partial charge in [0.15, 0.2) is 11.5 Å². The minimum Gasteiger partial charge on any atom is -0.493 e. The number of benzene rings is 2. The summed E-state index contributed by atoms with van der Waals surface area (Å²) in [6, 6.07) is 9.28. The summed E-state index contributed by atoms with van der Waals surface area (Å²) < 4.78 is 16.5. The highest BCUT2D eigenvalue weighted by Gasteiger charge is 2.12. The van der Waals surface area contributed by atoms with Gasteiger partial charge in [0.05, 0.1) is 25.3 Å². The Bertz CT molecular complexity index is 791. The van der Waals surface area contributed by atoms with Crippen molar-refractivity contribution in [1.29, 1.82) is 0 Å². The number of methoxy groups -OCH3 is 1. The highest BCUT2D eigenvalue weighted by Crippen LogP contribution is 2.36. The Morgan fingerprint density at radius 2 is 1.75 bits per heavy atom. The quantitative estimate of drug-likeness (QED) is 0.611. The fourth-order valence-corrected chi connectivity index (χ4v) is 3.04. The van der Waals surface area contributed by atoms with E-state index in [1.54, 1.807) is 19.2 Å². The first-order chi connectivity index (χ1) is 13.4. The molecule has 2 rings (SSSR count). The van der Waals surface area contributed by atoms with Gasteiger partial charge < -0.3 is 24.8 Å². The van der Waals surface area contributed by atoms with E-state index in [4.69, 9.17) is 25.8 Å². The topological polar surface area (TPSA) is 68.8 Å². The molecule has 0 aliphatic carbocycles. The molecule has 152 valence electrons. The molecule has 0 saturated heterocycles. The Labute approximate surface area is 171 Å². The predicted octanol–water partition coefficient (Wildman–Crippen LogP) is 4.24. The molecule has 0 spiro atoms. The van der Waals surface area contributed by atoms with Crippen molar-refractivity contribution < 1.29 is 19.0 Å². The minimum atomic E-state index is -0.284. The minimum absolute atomic E-state index is 0.284. The summed E-state index contributed by atoms with van der Waals surface area (Å²) in [5.74, 6) is 1.84. The van der Waals surface area contributed by atoms with Gasteiger partial charge in [-0.25, -0.2) is 4.79 Å². The van der Waals surface area contributed by atoms with E-state index in [2.05, 4.69) is 16.7 Å². The third kappa shape index (κ3) is 6.53. The Morgan fingerprint density at radius 3 is 2.39 bits per heavy atom. The lowest BCUT2D eigenvalue weighted by Gasteiger charge is -2.14. The SMILES string of the molecule is CCOc1c(Cl)cc(CNC(=O)NCCOc2cc(C)cc(C)c2)cc1OC. The lowest BCUT2D eigenvalue weighted by molar-refractivity contribution is 0.236. The molecule has 0 radical (unpaired) electrons. The number of hydrogen-bond donors (Lipinski definition) is 2. The molecule has 0 aliphatic rings. The zero-order valence-electron chi connectivity index (χ0n) is 16.7. The molecule has 6 nitrogen and oxygen atoms in total. The van der Waals surface area contributed by atoms with Crippen molar-refractivity contribution in [1.82, 2.24) is 10.6 Å². The molecular formula is C21H27ClN2O4. The van der Waals surface area contributed by atoms with Crippen LogP contribution in [0.5, 0.6) is 17.2 Å². The van der Waals surface area contributed by atoms with Crippen LogP contribution in [-0.2, 0) is 6.54 Å². The van der Waals surface area contributed by atoms with Crippen molar-refractivity contribution in [2.75, 3.05) is 26.9 Å². The van der Waals surface area contributed by atoms with Gasteiger partial charge in [0.2, 0.25) is 0 Å². The Hall–Kier alpha value is -2.60. The fraction of sp³-hybridized carbons (Fsp3) is 0.381. The summed E-state index contributed by atoms with van der Waals surface area (Å²) >= 11 is 6.24. The Balaban J connectivity index is 1.78. The van der Waals surface area contributed by atoms with Gasteiger partial charge in [-0.05, 0) is 61.7 Å². The van der Waals surface area contributed by atoms with Crippen LogP contribution < -0.4 is 24.8 Å². The molecule has 7 heteroatoms. The van der Waals surface area contributed by atoms with E-state index in [0.717, 1.165) is 22.4 Å². The second-order valence-electron chi connectivity index (χ2n) is 6.32. The molecular weight excluding hydrogens is 380 g/mol. The molecule has 2 aromatic rings. The largest absolute Gasteiger partial charge is 0.493 e. The highest BCUT2D eigenvalue weighted by molar-refractivity contribution is 6.32. The van der Waals surface area contributed by atoms with Gasteiger partial charge in [-0.1, -0.05) is 17.7 Å². The standard InChI is InChI=1S/C21H27ClN2O4/c1-5-27-20-18(22)11-16(12-19(20)26-4)13-24-21(25)23-6-7-28-17-9-14(2)8-15(3)10-17/h8-12H,5-7,13H2,1-4H3,(H2,23,24,25). The van der Waals surface area contributed by atoms with Gasteiger partial charge in [0.1, 0.15) is 12.4 Å². The summed E-state index contributed by atoms with van der Waals surface area (Å²) in [4.78, 5) is 12.0. The molecule has 0 aromatic heterocycles. The normalized spacial score (nSPS) is 10.3. The molecule has 0 fully saturated rings. The Kier molecular flexibility index (Phi) is 8.26. The number of carbonyl (C=O) groups is 1. The number of urea groups is 1. The molecule has 0 heterocycles. The third-order valence-corrected chi connectivity index (χ3v) is 4.16. The number of ether oxygens (including phenoxy) is 3. The van der Waals surface area contributed by atoms with Gasteiger partial charge >= 0.3 is 6.03 Å². The number of nitrogens with one attached hydrogen (secondary N) is 2. The molecule has 0 bridgehead atoms. The van der Waals surface area contributed by atoms with Gasteiger partial charge in [0, 0.05) is 6.54 Å². The monoisotopic (exact) mass is 406 g/mol. The van der Waals surface area contributed by atoms with Crippen molar-refractivity contribution in [2.24, 2.45) is 0 Å². The summed E-state index contributed by atoms with van der Waals surface area (Å²) in [5.41, 5.74) is 3.10.